The minimum absolute atomic E-state index is 0.00844. The number of rotatable bonds is 4. The van der Waals surface area contributed by atoms with Crippen molar-refractivity contribution >= 4 is 17.6 Å². The third-order valence-corrected chi connectivity index (χ3v) is 5.60. The highest BCUT2D eigenvalue weighted by Gasteiger charge is 2.62. The summed E-state index contributed by atoms with van der Waals surface area (Å²) in [4.78, 5) is 24.5. The largest absolute Gasteiger partial charge is 0.497 e. The molecule has 0 spiro atoms. The van der Waals surface area contributed by atoms with Crippen LogP contribution in [-0.2, 0) is 9.59 Å². The molecule has 1 amide bonds. The number of hydrogen-bond donors (Lipinski definition) is 2. The van der Waals surface area contributed by atoms with Crippen LogP contribution in [0.25, 0.3) is 0 Å². The van der Waals surface area contributed by atoms with E-state index in [0.717, 1.165) is 6.42 Å². The Morgan fingerprint density at radius 2 is 1.70 bits per heavy atom. The zero-order chi connectivity index (χ0) is 16.1. The van der Waals surface area contributed by atoms with Crippen molar-refractivity contribution in [2.45, 2.75) is 6.42 Å². The van der Waals surface area contributed by atoms with Gasteiger partial charge in [0.2, 0.25) is 5.91 Å². The molecule has 5 rings (SSSR count). The Bertz CT molecular complexity index is 681. The fourth-order valence-corrected chi connectivity index (χ4v) is 4.47. The van der Waals surface area contributed by atoms with E-state index in [2.05, 4.69) is 11.4 Å². The SMILES string of the molecule is COc1ccc(NC(=O)[C@H]2[C@@H]3C=C[C@@H]([C@H]4C[C@@H]34)[C@@H]2C(=O)O)cc1. The molecule has 5 nitrogen and oxygen atoms in total. The van der Waals surface area contributed by atoms with Gasteiger partial charge in [0, 0.05) is 5.69 Å². The van der Waals surface area contributed by atoms with Crippen molar-refractivity contribution in [3.05, 3.63) is 36.4 Å². The van der Waals surface area contributed by atoms with E-state index in [9.17, 15) is 14.7 Å². The van der Waals surface area contributed by atoms with Crippen molar-refractivity contribution in [1.29, 1.82) is 0 Å². The fourth-order valence-electron chi connectivity index (χ4n) is 4.47. The van der Waals surface area contributed by atoms with Gasteiger partial charge in [0.05, 0.1) is 18.9 Å². The molecular formula is C18H19NO4. The Labute approximate surface area is 134 Å². The van der Waals surface area contributed by atoms with Crippen LogP contribution in [0.5, 0.6) is 5.75 Å². The number of benzene rings is 1. The normalized spacial score (nSPS) is 36.2. The van der Waals surface area contributed by atoms with Gasteiger partial charge in [-0.3, -0.25) is 9.59 Å². The topological polar surface area (TPSA) is 75.6 Å². The number of carboxylic acids is 1. The van der Waals surface area contributed by atoms with E-state index in [1.54, 1.807) is 31.4 Å². The number of carbonyl (C=O) groups is 2. The molecule has 1 aromatic rings. The molecule has 0 aromatic heterocycles. The summed E-state index contributed by atoms with van der Waals surface area (Å²) in [6.45, 7) is 0. The number of carbonyl (C=O) groups excluding carboxylic acids is 1. The number of aliphatic carboxylic acids is 1. The third-order valence-electron chi connectivity index (χ3n) is 5.60. The molecule has 2 bridgehead atoms. The third kappa shape index (κ3) is 2.22. The number of anilines is 1. The lowest BCUT2D eigenvalue weighted by Crippen LogP contribution is -2.48. The van der Waals surface area contributed by atoms with Gasteiger partial charge in [-0.2, -0.15) is 0 Å². The van der Waals surface area contributed by atoms with Gasteiger partial charge >= 0.3 is 5.97 Å². The van der Waals surface area contributed by atoms with Crippen molar-refractivity contribution in [2.75, 3.05) is 12.4 Å². The van der Waals surface area contributed by atoms with Crippen LogP contribution in [0.4, 0.5) is 5.69 Å². The van der Waals surface area contributed by atoms with Crippen molar-refractivity contribution in [2.24, 2.45) is 35.5 Å². The number of methoxy groups -OCH3 is 1. The Hall–Kier alpha value is -2.30. The van der Waals surface area contributed by atoms with Gasteiger partial charge in [-0.25, -0.2) is 0 Å². The molecular weight excluding hydrogens is 294 g/mol. The van der Waals surface area contributed by atoms with Gasteiger partial charge in [0.1, 0.15) is 5.75 Å². The van der Waals surface area contributed by atoms with E-state index < -0.39 is 17.8 Å². The summed E-state index contributed by atoms with van der Waals surface area (Å²) in [5, 5.41) is 12.5. The maximum atomic E-state index is 12.8. The second kappa shape index (κ2) is 5.11. The monoisotopic (exact) mass is 313 g/mol. The van der Waals surface area contributed by atoms with Gasteiger partial charge in [-0.15, -0.1) is 0 Å². The van der Waals surface area contributed by atoms with Crippen LogP contribution < -0.4 is 10.1 Å². The molecule has 6 atom stereocenters. The highest BCUT2D eigenvalue weighted by Crippen LogP contribution is 2.63. The minimum atomic E-state index is -0.857. The molecule has 5 heteroatoms. The number of ether oxygens (including phenoxy) is 1. The summed E-state index contributed by atoms with van der Waals surface area (Å²) in [5.41, 5.74) is 0.665. The van der Waals surface area contributed by atoms with Gasteiger partial charge in [-0.05, 0) is 54.4 Å². The Morgan fingerprint density at radius 3 is 2.26 bits per heavy atom. The minimum Gasteiger partial charge on any atom is -0.497 e. The van der Waals surface area contributed by atoms with Crippen LogP contribution in [0.1, 0.15) is 6.42 Å². The quantitative estimate of drug-likeness (QED) is 0.837. The number of allylic oxidation sites excluding steroid dienone is 2. The average molecular weight is 313 g/mol. The molecule has 0 heterocycles. The summed E-state index contributed by atoms with van der Waals surface area (Å²) in [6.07, 6.45) is 5.14. The molecule has 0 radical (unpaired) electrons. The molecule has 2 saturated carbocycles. The fraction of sp³-hybridized carbons (Fsp3) is 0.444. The first-order chi connectivity index (χ1) is 11.1. The number of carboxylic acid groups (broad SMARTS) is 1. The molecule has 4 aliphatic rings. The number of amides is 1. The summed E-state index contributed by atoms with van der Waals surface area (Å²) in [7, 11) is 1.59. The molecule has 0 unspecified atom stereocenters. The second-order valence-corrected chi connectivity index (χ2v) is 6.71. The first-order valence-electron chi connectivity index (χ1n) is 7.96. The molecule has 0 aliphatic heterocycles. The predicted octanol–water partition coefficient (Wildman–Crippen LogP) is 2.40. The number of hydrogen-bond acceptors (Lipinski definition) is 3. The second-order valence-electron chi connectivity index (χ2n) is 6.71. The lowest BCUT2D eigenvalue weighted by molar-refractivity contribution is -0.152. The van der Waals surface area contributed by atoms with Crippen LogP contribution in [-0.4, -0.2) is 24.1 Å². The van der Waals surface area contributed by atoms with Crippen molar-refractivity contribution in [3.8, 4) is 5.75 Å². The molecule has 120 valence electrons. The lowest BCUT2D eigenvalue weighted by atomic mass is 9.62. The average Bonchev–Trinajstić information content (AvgIpc) is 3.37. The lowest BCUT2D eigenvalue weighted by Gasteiger charge is -2.41. The van der Waals surface area contributed by atoms with E-state index in [1.807, 2.05) is 6.08 Å². The summed E-state index contributed by atoms with van der Waals surface area (Å²) in [5.74, 6) is -0.383. The highest BCUT2D eigenvalue weighted by molar-refractivity contribution is 5.96. The van der Waals surface area contributed by atoms with Crippen LogP contribution in [0.3, 0.4) is 0 Å². The maximum absolute atomic E-state index is 12.8. The zero-order valence-corrected chi connectivity index (χ0v) is 12.8. The standard InChI is InChI=1S/C18H19NO4/c1-23-10-4-2-9(3-5-10)19-17(20)15-11-6-7-12(14-8-13(11)14)16(15)18(21)22/h2-7,11-16H,8H2,1H3,(H,19,20)(H,21,22)/t11-,12+,13+,14-,15+,16+/m1/s1. The van der Waals surface area contributed by atoms with Crippen molar-refractivity contribution in [1.82, 2.24) is 0 Å². The molecule has 23 heavy (non-hydrogen) atoms. The summed E-state index contributed by atoms with van der Waals surface area (Å²) in [6, 6.07) is 7.08. The van der Waals surface area contributed by atoms with Gasteiger partial charge in [0.25, 0.3) is 0 Å². The van der Waals surface area contributed by atoms with Crippen LogP contribution in [0.2, 0.25) is 0 Å². The smallest absolute Gasteiger partial charge is 0.307 e. The Morgan fingerprint density at radius 1 is 1.09 bits per heavy atom. The molecule has 1 aromatic carbocycles. The highest BCUT2D eigenvalue weighted by atomic mass is 16.5. The summed E-state index contributed by atoms with van der Waals surface area (Å²) >= 11 is 0. The Balaban J connectivity index is 1.56. The van der Waals surface area contributed by atoms with E-state index >= 15 is 0 Å². The number of nitrogens with one attached hydrogen (secondary N) is 1. The number of fused-ring (bicyclic) bond motifs is 1. The van der Waals surface area contributed by atoms with Crippen molar-refractivity contribution in [3.63, 3.8) is 0 Å². The van der Waals surface area contributed by atoms with Crippen LogP contribution >= 0.6 is 0 Å². The molecule has 0 saturated heterocycles. The Kier molecular flexibility index (Phi) is 3.18. The maximum Gasteiger partial charge on any atom is 0.307 e. The summed E-state index contributed by atoms with van der Waals surface area (Å²) < 4.78 is 5.10. The van der Waals surface area contributed by atoms with E-state index in [-0.39, 0.29) is 17.7 Å². The van der Waals surface area contributed by atoms with Gasteiger partial charge in [0.15, 0.2) is 0 Å². The van der Waals surface area contributed by atoms with E-state index in [0.29, 0.717) is 23.3 Å². The van der Waals surface area contributed by atoms with Gasteiger partial charge in [-0.1, -0.05) is 12.2 Å². The predicted molar refractivity (Wildman–Crippen MR) is 84.0 cm³/mol. The molecule has 4 aliphatic carbocycles. The molecule has 2 N–H and O–H groups in total. The first-order valence-corrected chi connectivity index (χ1v) is 7.96. The zero-order valence-electron chi connectivity index (χ0n) is 12.8. The van der Waals surface area contributed by atoms with Crippen LogP contribution in [0, 0.1) is 35.5 Å². The van der Waals surface area contributed by atoms with E-state index in [1.165, 1.54) is 0 Å². The van der Waals surface area contributed by atoms with Gasteiger partial charge < -0.3 is 15.2 Å². The van der Waals surface area contributed by atoms with Crippen molar-refractivity contribution < 1.29 is 19.4 Å². The van der Waals surface area contributed by atoms with Crippen LogP contribution in [0.15, 0.2) is 36.4 Å². The molecule has 2 fully saturated rings. The first kappa shape index (κ1) is 14.3. The van der Waals surface area contributed by atoms with E-state index in [4.69, 9.17) is 4.74 Å².